The van der Waals surface area contributed by atoms with Crippen LogP contribution in [0.15, 0.2) is 195 Å². The summed E-state index contributed by atoms with van der Waals surface area (Å²) in [6.45, 7) is 0. The number of hydrogen-bond acceptors (Lipinski definition) is 6. The average molecular weight is 810 g/mol. The standard InChI is InChI=1S/C57H35N3O3/c1-3-15-34(16-4-1)36-19-11-20-37(31-36)56-58-55(35-17-5-2-6-18-35)59-57(60-56)43-25-14-30-50-53(43)45-33-38(39-23-12-28-48-51(39)41-21-7-9-26-46(41)61-48)32-44(54(45)63-50)40-24-13-29-49-52(40)42-22-8-10-27-47(42)62-49/h1-8,10-25,27-33H,9,26H2. The van der Waals surface area contributed by atoms with Crippen LogP contribution in [-0.2, 0) is 6.42 Å². The van der Waals surface area contributed by atoms with Crippen LogP contribution in [0.25, 0.3) is 128 Å². The van der Waals surface area contributed by atoms with E-state index in [4.69, 9.17) is 28.2 Å². The number of nitrogens with zero attached hydrogens (tertiary/aromatic N) is 3. The molecule has 12 aromatic rings. The Balaban J connectivity index is 1.10. The zero-order valence-corrected chi connectivity index (χ0v) is 33.9. The number of rotatable bonds is 6. The average Bonchev–Trinajstić information content (AvgIpc) is 4.06. The Bertz CT molecular complexity index is 3800. The molecule has 0 radical (unpaired) electrons. The maximum Gasteiger partial charge on any atom is 0.164 e. The fraction of sp³-hybridized carbons (Fsp3) is 0.0351. The van der Waals surface area contributed by atoms with Crippen molar-refractivity contribution in [2.24, 2.45) is 0 Å². The van der Waals surface area contributed by atoms with Gasteiger partial charge in [-0.15, -0.1) is 0 Å². The number of furan rings is 3. The molecule has 0 N–H and O–H groups in total. The predicted molar refractivity (Wildman–Crippen MR) is 254 cm³/mol. The van der Waals surface area contributed by atoms with E-state index in [0.29, 0.717) is 17.5 Å². The van der Waals surface area contributed by atoms with Gasteiger partial charge >= 0.3 is 0 Å². The fourth-order valence-electron chi connectivity index (χ4n) is 9.52. The summed E-state index contributed by atoms with van der Waals surface area (Å²) in [7, 11) is 0. The normalized spacial score (nSPS) is 12.6. The first-order chi connectivity index (χ1) is 31.2. The quantitative estimate of drug-likeness (QED) is 0.166. The largest absolute Gasteiger partial charge is 0.460 e. The Hall–Kier alpha value is -8.35. The molecule has 0 atom stereocenters. The third-order valence-electron chi connectivity index (χ3n) is 12.4. The molecule has 8 aromatic carbocycles. The van der Waals surface area contributed by atoms with Crippen LogP contribution in [-0.4, -0.2) is 15.0 Å². The third-order valence-corrected chi connectivity index (χ3v) is 12.4. The van der Waals surface area contributed by atoms with Gasteiger partial charge in [-0.2, -0.15) is 0 Å². The second-order valence-corrected chi connectivity index (χ2v) is 16.1. The van der Waals surface area contributed by atoms with Crippen molar-refractivity contribution in [3.05, 3.63) is 193 Å². The summed E-state index contributed by atoms with van der Waals surface area (Å²) in [4.78, 5) is 15.6. The predicted octanol–water partition coefficient (Wildman–Crippen LogP) is 15.4. The van der Waals surface area contributed by atoms with E-state index in [0.717, 1.165) is 129 Å². The molecule has 0 spiro atoms. The van der Waals surface area contributed by atoms with Gasteiger partial charge in [0.15, 0.2) is 17.5 Å². The first kappa shape index (κ1) is 35.4. The monoisotopic (exact) mass is 809 g/mol. The Labute approximate surface area is 361 Å². The van der Waals surface area contributed by atoms with Gasteiger partial charge < -0.3 is 13.3 Å². The number of fused-ring (bicyclic) bond motifs is 9. The lowest BCUT2D eigenvalue weighted by Gasteiger charge is -2.12. The molecule has 0 saturated carbocycles. The number of aryl methyl sites for hydroxylation is 1. The molecule has 0 fully saturated rings. The van der Waals surface area contributed by atoms with E-state index in [9.17, 15) is 0 Å². The second kappa shape index (κ2) is 14.1. The zero-order valence-electron chi connectivity index (χ0n) is 33.9. The lowest BCUT2D eigenvalue weighted by molar-refractivity contribution is 0.546. The molecule has 296 valence electrons. The zero-order chi connectivity index (χ0) is 41.4. The van der Waals surface area contributed by atoms with Gasteiger partial charge in [0.2, 0.25) is 0 Å². The van der Waals surface area contributed by atoms with Crippen molar-refractivity contribution in [2.45, 2.75) is 12.8 Å². The van der Waals surface area contributed by atoms with Gasteiger partial charge in [0.1, 0.15) is 33.7 Å². The number of allylic oxidation sites excluding steroid dienone is 1. The molecule has 6 heteroatoms. The van der Waals surface area contributed by atoms with Gasteiger partial charge in [-0.1, -0.05) is 146 Å². The lowest BCUT2D eigenvalue weighted by Crippen LogP contribution is -2.00. The molecule has 13 rings (SSSR count). The highest BCUT2D eigenvalue weighted by atomic mass is 16.3. The smallest absolute Gasteiger partial charge is 0.164 e. The minimum absolute atomic E-state index is 0.559. The van der Waals surface area contributed by atoms with Crippen LogP contribution in [0.5, 0.6) is 0 Å². The van der Waals surface area contributed by atoms with Gasteiger partial charge in [0, 0.05) is 61.2 Å². The Morgan fingerprint density at radius 3 is 1.79 bits per heavy atom. The maximum absolute atomic E-state index is 7.05. The number of para-hydroxylation sites is 1. The highest BCUT2D eigenvalue weighted by Crippen LogP contribution is 2.47. The van der Waals surface area contributed by atoms with Crippen molar-refractivity contribution in [3.8, 4) is 67.5 Å². The van der Waals surface area contributed by atoms with Gasteiger partial charge in [-0.3, -0.25) is 0 Å². The minimum atomic E-state index is 0.559. The second-order valence-electron chi connectivity index (χ2n) is 16.1. The molecule has 0 aliphatic heterocycles. The summed E-state index contributed by atoms with van der Waals surface area (Å²) < 4.78 is 20.0. The number of benzene rings is 8. The molecule has 0 amide bonds. The maximum atomic E-state index is 7.05. The summed E-state index contributed by atoms with van der Waals surface area (Å²) in [5.41, 5.74) is 14.2. The first-order valence-corrected chi connectivity index (χ1v) is 21.3. The molecule has 63 heavy (non-hydrogen) atoms. The molecular formula is C57H35N3O3. The highest BCUT2D eigenvalue weighted by Gasteiger charge is 2.25. The lowest BCUT2D eigenvalue weighted by atomic mass is 9.90. The van der Waals surface area contributed by atoms with Gasteiger partial charge in [-0.05, 0) is 76.7 Å². The molecule has 4 aromatic heterocycles. The number of aromatic nitrogens is 3. The van der Waals surface area contributed by atoms with Gasteiger partial charge in [0.05, 0.1) is 0 Å². The summed E-state index contributed by atoms with van der Waals surface area (Å²) in [5, 5.41) is 5.09. The highest BCUT2D eigenvalue weighted by molar-refractivity contribution is 6.20. The van der Waals surface area contributed by atoms with E-state index in [1.54, 1.807) is 0 Å². The fourth-order valence-corrected chi connectivity index (χ4v) is 9.52. The van der Waals surface area contributed by atoms with Crippen molar-refractivity contribution >= 4 is 60.9 Å². The topological polar surface area (TPSA) is 78.1 Å². The molecule has 0 bridgehead atoms. The van der Waals surface area contributed by atoms with E-state index in [2.05, 4.69) is 121 Å². The van der Waals surface area contributed by atoms with Crippen molar-refractivity contribution in [3.63, 3.8) is 0 Å². The van der Waals surface area contributed by atoms with Crippen LogP contribution in [0.2, 0.25) is 0 Å². The van der Waals surface area contributed by atoms with Crippen LogP contribution < -0.4 is 0 Å². The minimum Gasteiger partial charge on any atom is -0.460 e. The van der Waals surface area contributed by atoms with E-state index < -0.39 is 0 Å². The van der Waals surface area contributed by atoms with Crippen molar-refractivity contribution in [1.29, 1.82) is 0 Å². The van der Waals surface area contributed by atoms with Crippen molar-refractivity contribution < 1.29 is 13.3 Å². The summed E-state index contributed by atoms with van der Waals surface area (Å²) >= 11 is 0. The van der Waals surface area contributed by atoms with Crippen LogP contribution in [0.1, 0.15) is 17.7 Å². The molecule has 6 nitrogen and oxygen atoms in total. The molecule has 1 aliphatic carbocycles. The summed E-state index contributed by atoms with van der Waals surface area (Å²) in [5.74, 6) is 2.77. The van der Waals surface area contributed by atoms with Gasteiger partial charge in [-0.25, -0.2) is 15.0 Å². The molecule has 4 heterocycles. The Morgan fingerprint density at radius 2 is 0.968 bits per heavy atom. The molecule has 1 aliphatic rings. The summed E-state index contributed by atoms with van der Waals surface area (Å²) in [6, 6.07) is 60.5. The third kappa shape index (κ3) is 5.76. The first-order valence-electron chi connectivity index (χ1n) is 21.3. The van der Waals surface area contributed by atoms with E-state index in [1.165, 1.54) is 0 Å². The van der Waals surface area contributed by atoms with Crippen LogP contribution in [0.3, 0.4) is 0 Å². The Morgan fingerprint density at radius 1 is 0.365 bits per heavy atom. The van der Waals surface area contributed by atoms with Crippen molar-refractivity contribution in [2.75, 3.05) is 0 Å². The molecule has 0 unspecified atom stereocenters. The molecular weight excluding hydrogens is 775 g/mol. The van der Waals surface area contributed by atoms with Crippen LogP contribution in [0.4, 0.5) is 0 Å². The Kier molecular flexibility index (Phi) is 7.93. The van der Waals surface area contributed by atoms with E-state index in [1.807, 2.05) is 66.7 Å². The molecule has 0 saturated heterocycles. The van der Waals surface area contributed by atoms with E-state index >= 15 is 0 Å². The summed E-state index contributed by atoms with van der Waals surface area (Å²) in [6.07, 6.45) is 6.31. The van der Waals surface area contributed by atoms with Crippen molar-refractivity contribution in [1.82, 2.24) is 15.0 Å². The van der Waals surface area contributed by atoms with Gasteiger partial charge in [0.25, 0.3) is 0 Å². The van der Waals surface area contributed by atoms with Crippen LogP contribution >= 0.6 is 0 Å². The van der Waals surface area contributed by atoms with Crippen LogP contribution in [0, 0.1) is 0 Å². The van der Waals surface area contributed by atoms with E-state index in [-0.39, 0.29) is 0 Å². The SMILES string of the molecule is C1=Cc2c(oc3cccc(-c4cc(-c5cccc6oc7ccccc7c56)c5oc6cccc(-c7nc(-c8ccccc8)nc(-c8cccc(-c9ccccc9)c8)n7)c6c5c4)c23)CC1. The number of hydrogen-bond donors (Lipinski definition) is 0.